The van der Waals surface area contributed by atoms with Gasteiger partial charge in [-0.25, -0.2) is 0 Å². The molecule has 0 spiro atoms. The number of thiophene rings is 1. The smallest absolute Gasteiger partial charge is 0.0813 e. The van der Waals surface area contributed by atoms with Gasteiger partial charge in [-0.05, 0) is 56.3 Å². The zero-order valence-electron chi connectivity index (χ0n) is 13.2. The van der Waals surface area contributed by atoms with Crippen LogP contribution in [-0.2, 0) is 24.4 Å². The Morgan fingerprint density at radius 2 is 1.76 bits per heavy atom. The summed E-state index contributed by atoms with van der Waals surface area (Å²) in [5.41, 5.74) is 2.84. The molecule has 0 amide bonds. The van der Waals surface area contributed by atoms with E-state index in [0.29, 0.717) is 13.2 Å². The largest absolute Gasteiger partial charge is 0.371 e. The standard InChI is InChI=1S/C18H25NOS/c1-18(2,3)19-11-10-15-7-4-5-8-16(15)13-20-14-17-9-6-12-21-17/h4-9,12,19H,10-11,13-14H2,1-3H3. The van der Waals surface area contributed by atoms with Crippen LogP contribution < -0.4 is 5.32 Å². The maximum absolute atomic E-state index is 5.84. The lowest BCUT2D eigenvalue weighted by atomic mass is 10.0. The van der Waals surface area contributed by atoms with E-state index in [1.54, 1.807) is 11.3 Å². The summed E-state index contributed by atoms with van der Waals surface area (Å²) in [5.74, 6) is 0. The zero-order valence-corrected chi connectivity index (χ0v) is 14.0. The van der Waals surface area contributed by atoms with Crippen LogP contribution in [0.25, 0.3) is 0 Å². The van der Waals surface area contributed by atoms with Crippen LogP contribution in [-0.4, -0.2) is 12.1 Å². The predicted molar refractivity (Wildman–Crippen MR) is 90.7 cm³/mol. The van der Waals surface area contributed by atoms with Crippen molar-refractivity contribution in [2.75, 3.05) is 6.54 Å². The second-order valence-electron chi connectivity index (χ2n) is 6.27. The first-order chi connectivity index (χ1) is 10.0. The molecule has 1 aromatic carbocycles. The first-order valence-corrected chi connectivity index (χ1v) is 8.34. The van der Waals surface area contributed by atoms with Crippen LogP contribution in [0.3, 0.4) is 0 Å². The van der Waals surface area contributed by atoms with Gasteiger partial charge in [-0.1, -0.05) is 30.3 Å². The first-order valence-electron chi connectivity index (χ1n) is 7.46. The number of hydrogen-bond acceptors (Lipinski definition) is 3. The van der Waals surface area contributed by atoms with Gasteiger partial charge in [0.05, 0.1) is 13.2 Å². The number of benzene rings is 1. The summed E-state index contributed by atoms with van der Waals surface area (Å²) in [5, 5.41) is 5.62. The van der Waals surface area contributed by atoms with Crippen LogP contribution in [0, 0.1) is 0 Å². The first kappa shape index (κ1) is 16.2. The minimum atomic E-state index is 0.171. The fraction of sp³-hybridized carbons (Fsp3) is 0.444. The van der Waals surface area contributed by atoms with Gasteiger partial charge in [0.15, 0.2) is 0 Å². The van der Waals surface area contributed by atoms with Gasteiger partial charge in [-0.3, -0.25) is 0 Å². The summed E-state index contributed by atoms with van der Waals surface area (Å²) in [6.07, 6.45) is 1.04. The molecule has 1 N–H and O–H groups in total. The van der Waals surface area contributed by atoms with E-state index in [9.17, 15) is 0 Å². The van der Waals surface area contributed by atoms with Crippen LogP contribution in [0.1, 0.15) is 36.8 Å². The molecule has 2 aromatic rings. The lowest BCUT2D eigenvalue weighted by Gasteiger charge is -2.21. The second-order valence-corrected chi connectivity index (χ2v) is 7.30. The van der Waals surface area contributed by atoms with Crippen molar-refractivity contribution in [1.82, 2.24) is 5.32 Å². The lowest BCUT2D eigenvalue weighted by molar-refractivity contribution is 0.108. The molecule has 2 nitrogen and oxygen atoms in total. The molecule has 1 aromatic heterocycles. The molecular weight excluding hydrogens is 278 g/mol. The molecule has 0 unspecified atom stereocenters. The summed E-state index contributed by atoms with van der Waals surface area (Å²) in [7, 11) is 0. The third-order valence-electron chi connectivity index (χ3n) is 3.25. The normalized spacial score (nSPS) is 11.8. The molecule has 0 fully saturated rings. The van der Waals surface area contributed by atoms with Gasteiger partial charge in [0.2, 0.25) is 0 Å². The fourth-order valence-electron chi connectivity index (χ4n) is 2.17. The van der Waals surface area contributed by atoms with Crippen molar-refractivity contribution in [3.05, 3.63) is 57.8 Å². The monoisotopic (exact) mass is 303 g/mol. The van der Waals surface area contributed by atoms with Gasteiger partial charge in [0.1, 0.15) is 0 Å². The highest BCUT2D eigenvalue weighted by molar-refractivity contribution is 7.09. The Morgan fingerprint density at radius 1 is 1.00 bits per heavy atom. The van der Waals surface area contributed by atoms with E-state index in [1.807, 2.05) is 0 Å². The lowest BCUT2D eigenvalue weighted by Crippen LogP contribution is -2.37. The van der Waals surface area contributed by atoms with Gasteiger partial charge in [0, 0.05) is 10.4 Å². The summed E-state index contributed by atoms with van der Waals surface area (Å²) >= 11 is 1.74. The summed E-state index contributed by atoms with van der Waals surface area (Å²) in [6, 6.07) is 12.7. The Labute approximate surface area is 132 Å². The highest BCUT2D eigenvalue weighted by Gasteiger charge is 2.09. The summed E-state index contributed by atoms with van der Waals surface area (Å²) < 4.78 is 5.84. The SMILES string of the molecule is CC(C)(C)NCCc1ccccc1COCc1cccs1. The van der Waals surface area contributed by atoms with Crippen LogP contribution in [0.15, 0.2) is 41.8 Å². The molecule has 0 aliphatic heterocycles. The number of hydrogen-bond donors (Lipinski definition) is 1. The molecule has 114 valence electrons. The molecule has 21 heavy (non-hydrogen) atoms. The maximum atomic E-state index is 5.84. The van der Waals surface area contributed by atoms with Crippen molar-refractivity contribution < 1.29 is 4.74 Å². The summed E-state index contributed by atoms with van der Waals surface area (Å²) in [6.45, 7) is 8.97. The van der Waals surface area contributed by atoms with Crippen molar-refractivity contribution in [3.8, 4) is 0 Å². The van der Waals surface area contributed by atoms with E-state index >= 15 is 0 Å². The molecule has 0 saturated heterocycles. The zero-order chi connectivity index (χ0) is 15.1. The quantitative estimate of drug-likeness (QED) is 0.819. The van der Waals surface area contributed by atoms with Crippen molar-refractivity contribution >= 4 is 11.3 Å². The molecule has 0 atom stereocenters. The Morgan fingerprint density at radius 3 is 2.43 bits per heavy atom. The van der Waals surface area contributed by atoms with E-state index in [4.69, 9.17) is 4.74 Å². The number of rotatable bonds is 7. The molecular formula is C18H25NOS. The number of ether oxygens (including phenoxy) is 1. The minimum absolute atomic E-state index is 0.171. The molecule has 0 aliphatic carbocycles. The van der Waals surface area contributed by atoms with E-state index in [-0.39, 0.29) is 5.54 Å². The molecule has 3 heteroatoms. The predicted octanol–water partition coefficient (Wildman–Crippen LogP) is 4.40. The van der Waals surface area contributed by atoms with E-state index < -0.39 is 0 Å². The Hall–Kier alpha value is -1.16. The summed E-state index contributed by atoms with van der Waals surface area (Å²) in [4.78, 5) is 1.28. The molecule has 0 aliphatic rings. The Balaban J connectivity index is 1.84. The van der Waals surface area contributed by atoms with Gasteiger partial charge < -0.3 is 10.1 Å². The van der Waals surface area contributed by atoms with Crippen molar-refractivity contribution in [3.63, 3.8) is 0 Å². The second kappa shape index (κ2) is 7.74. The van der Waals surface area contributed by atoms with E-state index in [1.165, 1.54) is 16.0 Å². The van der Waals surface area contributed by atoms with Crippen LogP contribution in [0.5, 0.6) is 0 Å². The third kappa shape index (κ3) is 6.00. The maximum Gasteiger partial charge on any atom is 0.0813 e. The average molecular weight is 303 g/mol. The molecule has 0 radical (unpaired) electrons. The van der Waals surface area contributed by atoms with Gasteiger partial charge in [-0.15, -0.1) is 11.3 Å². The topological polar surface area (TPSA) is 21.3 Å². The highest BCUT2D eigenvalue weighted by atomic mass is 32.1. The minimum Gasteiger partial charge on any atom is -0.371 e. The van der Waals surface area contributed by atoms with E-state index in [2.05, 4.69) is 67.9 Å². The van der Waals surface area contributed by atoms with Crippen molar-refractivity contribution in [2.45, 2.75) is 45.9 Å². The van der Waals surface area contributed by atoms with Crippen LogP contribution in [0.2, 0.25) is 0 Å². The third-order valence-corrected chi connectivity index (χ3v) is 4.10. The van der Waals surface area contributed by atoms with Gasteiger partial charge in [0.25, 0.3) is 0 Å². The molecule has 1 heterocycles. The van der Waals surface area contributed by atoms with Gasteiger partial charge in [-0.2, -0.15) is 0 Å². The van der Waals surface area contributed by atoms with E-state index in [0.717, 1.165) is 13.0 Å². The van der Waals surface area contributed by atoms with Crippen molar-refractivity contribution in [2.24, 2.45) is 0 Å². The van der Waals surface area contributed by atoms with Gasteiger partial charge >= 0.3 is 0 Å². The van der Waals surface area contributed by atoms with Crippen molar-refractivity contribution in [1.29, 1.82) is 0 Å². The van der Waals surface area contributed by atoms with Crippen LogP contribution >= 0.6 is 11.3 Å². The molecule has 0 saturated carbocycles. The van der Waals surface area contributed by atoms with Crippen LogP contribution in [0.4, 0.5) is 0 Å². The molecule has 0 bridgehead atoms. The highest BCUT2D eigenvalue weighted by Crippen LogP contribution is 2.14. The number of nitrogens with one attached hydrogen (secondary N) is 1. The Kier molecular flexibility index (Phi) is 5.97. The Bertz CT molecular complexity index is 528. The fourth-order valence-corrected chi connectivity index (χ4v) is 2.81. The molecule has 2 rings (SSSR count). The average Bonchev–Trinajstić information content (AvgIpc) is 2.92.